The van der Waals surface area contributed by atoms with Gasteiger partial charge in [-0.25, -0.2) is 9.78 Å². The zero-order valence-corrected chi connectivity index (χ0v) is 21.3. The fourth-order valence-electron chi connectivity index (χ4n) is 4.35. The molecule has 0 unspecified atom stereocenters. The number of para-hydroxylation sites is 2. The Hall–Kier alpha value is -3.46. The normalized spacial score (nSPS) is 12.1. The standard InChI is InChI=1S/C26H29N3O5S/c1-15-16-10-11-21(32-3)24(33-4)23(16)34-26(31)17(15)14-22(30)27-19(12-13-35-5)25-28-18-8-6-7-9-20(18)29(25)2/h6-11,19H,12-14H2,1-5H3,(H,27,30)/t19-/m0/s1. The van der Waals surface area contributed by atoms with Crippen molar-refractivity contribution < 1.29 is 18.7 Å². The van der Waals surface area contributed by atoms with E-state index in [0.29, 0.717) is 40.0 Å². The van der Waals surface area contributed by atoms with Gasteiger partial charge in [-0.1, -0.05) is 12.1 Å². The van der Waals surface area contributed by atoms with E-state index >= 15 is 0 Å². The molecule has 2 heterocycles. The lowest BCUT2D eigenvalue weighted by atomic mass is 10.0. The summed E-state index contributed by atoms with van der Waals surface area (Å²) in [5.74, 6) is 2.19. The Morgan fingerprint density at radius 3 is 2.66 bits per heavy atom. The molecule has 8 nitrogen and oxygen atoms in total. The number of benzene rings is 2. The summed E-state index contributed by atoms with van der Waals surface area (Å²) in [4.78, 5) is 30.8. The van der Waals surface area contributed by atoms with Crippen molar-refractivity contribution in [3.8, 4) is 11.5 Å². The highest BCUT2D eigenvalue weighted by Crippen LogP contribution is 2.36. The maximum absolute atomic E-state index is 13.2. The van der Waals surface area contributed by atoms with Crippen LogP contribution < -0.4 is 20.4 Å². The molecule has 1 N–H and O–H groups in total. The number of ether oxygens (including phenoxy) is 2. The summed E-state index contributed by atoms with van der Waals surface area (Å²) in [5.41, 5.74) is 2.60. The number of aromatic nitrogens is 2. The van der Waals surface area contributed by atoms with Crippen LogP contribution in [-0.2, 0) is 18.3 Å². The number of methoxy groups -OCH3 is 2. The topological polar surface area (TPSA) is 95.6 Å². The lowest BCUT2D eigenvalue weighted by Gasteiger charge is -2.19. The molecule has 4 rings (SSSR count). The SMILES string of the molecule is COc1ccc2c(C)c(CC(=O)N[C@@H](CCSC)c3nc4ccccc4n3C)c(=O)oc2c1OC. The summed E-state index contributed by atoms with van der Waals surface area (Å²) in [6.07, 6.45) is 2.64. The highest BCUT2D eigenvalue weighted by atomic mass is 32.2. The van der Waals surface area contributed by atoms with Gasteiger partial charge in [0, 0.05) is 12.4 Å². The number of carbonyl (C=O) groups excluding carboxylic acids is 1. The van der Waals surface area contributed by atoms with Crippen molar-refractivity contribution in [2.24, 2.45) is 7.05 Å². The summed E-state index contributed by atoms with van der Waals surface area (Å²) in [7, 11) is 4.96. The van der Waals surface area contributed by atoms with Gasteiger partial charge in [-0.3, -0.25) is 4.79 Å². The summed E-state index contributed by atoms with van der Waals surface area (Å²) >= 11 is 1.71. The summed E-state index contributed by atoms with van der Waals surface area (Å²) in [6, 6.07) is 11.1. The number of hydrogen-bond acceptors (Lipinski definition) is 7. The van der Waals surface area contributed by atoms with Crippen molar-refractivity contribution in [1.29, 1.82) is 0 Å². The van der Waals surface area contributed by atoms with Crippen LogP contribution in [0, 0.1) is 6.92 Å². The quantitative estimate of drug-likeness (QED) is 0.348. The van der Waals surface area contributed by atoms with Crippen molar-refractivity contribution in [2.75, 3.05) is 26.2 Å². The number of thioether (sulfide) groups is 1. The average Bonchev–Trinajstić information content (AvgIpc) is 3.20. The van der Waals surface area contributed by atoms with E-state index in [0.717, 1.165) is 22.6 Å². The predicted molar refractivity (Wildman–Crippen MR) is 139 cm³/mol. The predicted octanol–water partition coefficient (Wildman–Crippen LogP) is 4.16. The Kier molecular flexibility index (Phi) is 7.35. The molecule has 0 spiro atoms. The van der Waals surface area contributed by atoms with Gasteiger partial charge in [0.2, 0.25) is 11.7 Å². The second kappa shape index (κ2) is 10.4. The van der Waals surface area contributed by atoms with Gasteiger partial charge < -0.3 is 23.8 Å². The second-order valence-electron chi connectivity index (χ2n) is 8.27. The Balaban J connectivity index is 1.65. The molecule has 0 aliphatic heterocycles. The minimum atomic E-state index is -0.569. The van der Waals surface area contributed by atoms with Gasteiger partial charge in [0.25, 0.3) is 0 Å². The van der Waals surface area contributed by atoms with Crippen LogP contribution >= 0.6 is 11.8 Å². The van der Waals surface area contributed by atoms with Crippen LogP contribution in [0.1, 0.15) is 29.4 Å². The molecular formula is C26H29N3O5S. The van der Waals surface area contributed by atoms with Crippen LogP contribution in [0.2, 0.25) is 0 Å². The average molecular weight is 496 g/mol. The summed E-state index contributed by atoms with van der Waals surface area (Å²) in [5, 5.41) is 3.79. The number of aryl methyl sites for hydroxylation is 2. The molecule has 35 heavy (non-hydrogen) atoms. The van der Waals surface area contributed by atoms with Gasteiger partial charge in [0.05, 0.1) is 43.3 Å². The zero-order valence-electron chi connectivity index (χ0n) is 20.5. The molecule has 2 aromatic heterocycles. The lowest BCUT2D eigenvalue weighted by molar-refractivity contribution is -0.121. The molecule has 4 aromatic rings. The van der Waals surface area contributed by atoms with E-state index in [1.807, 2.05) is 49.1 Å². The van der Waals surface area contributed by atoms with Gasteiger partial charge in [-0.05, 0) is 55.2 Å². The van der Waals surface area contributed by atoms with Crippen molar-refractivity contribution in [2.45, 2.75) is 25.8 Å². The Morgan fingerprint density at radius 1 is 1.20 bits per heavy atom. The number of fused-ring (bicyclic) bond motifs is 2. The maximum Gasteiger partial charge on any atom is 0.340 e. The first-order chi connectivity index (χ1) is 16.9. The monoisotopic (exact) mass is 495 g/mol. The smallest absolute Gasteiger partial charge is 0.340 e. The highest BCUT2D eigenvalue weighted by Gasteiger charge is 2.23. The largest absolute Gasteiger partial charge is 0.493 e. The van der Waals surface area contributed by atoms with Crippen LogP contribution in [-0.4, -0.2) is 41.7 Å². The van der Waals surface area contributed by atoms with Crippen LogP contribution in [0.15, 0.2) is 45.6 Å². The van der Waals surface area contributed by atoms with Crippen molar-refractivity contribution in [3.63, 3.8) is 0 Å². The Labute approximate surface area is 207 Å². The molecule has 0 saturated carbocycles. The molecule has 0 fully saturated rings. The number of hydrogen-bond donors (Lipinski definition) is 1. The lowest BCUT2D eigenvalue weighted by Crippen LogP contribution is -2.33. The first kappa shape index (κ1) is 24.7. The van der Waals surface area contributed by atoms with E-state index in [4.69, 9.17) is 18.9 Å². The second-order valence-corrected chi connectivity index (χ2v) is 9.25. The fourth-order valence-corrected chi connectivity index (χ4v) is 4.82. The number of carbonyl (C=O) groups is 1. The number of imidazole rings is 1. The first-order valence-corrected chi connectivity index (χ1v) is 12.7. The molecule has 0 bridgehead atoms. The maximum atomic E-state index is 13.2. The van der Waals surface area contributed by atoms with Gasteiger partial charge in [0.15, 0.2) is 11.3 Å². The Morgan fingerprint density at radius 2 is 1.97 bits per heavy atom. The van der Waals surface area contributed by atoms with E-state index in [1.54, 1.807) is 23.9 Å². The molecule has 1 amide bonds. The minimum Gasteiger partial charge on any atom is -0.493 e. The molecule has 0 saturated heterocycles. The zero-order chi connectivity index (χ0) is 25.1. The molecule has 184 valence electrons. The molecule has 0 radical (unpaired) electrons. The van der Waals surface area contributed by atoms with Gasteiger partial charge in [-0.2, -0.15) is 11.8 Å². The van der Waals surface area contributed by atoms with Crippen molar-refractivity contribution in [3.05, 3.63) is 63.8 Å². The van der Waals surface area contributed by atoms with Gasteiger partial charge >= 0.3 is 5.63 Å². The van der Waals surface area contributed by atoms with E-state index in [1.165, 1.54) is 14.2 Å². The molecule has 2 aromatic carbocycles. The summed E-state index contributed by atoms with van der Waals surface area (Å²) in [6.45, 7) is 1.81. The fraction of sp³-hybridized carbons (Fsp3) is 0.346. The summed E-state index contributed by atoms with van der Waals surface area (Å²) < 4.78 is 18.3. The van der Waals surface area contributed by atoms with Gasteiger partial charge in [0.1, 0.15) is 5.82 Å². The number of amides is 1. The molecule has 0 aliphatic carbocycles. The van der Waals surface area contributed by atoms with Crippen LogP contribution in [0.4, 0.5) is 0 Å². The first-order valence-electron chi connectivity index (χ1n) is 11.3. The molecule has 9 heteroatoms. The third-order valence-corrected chi connectivity index (χ3v) is 6.86. The van der Waals surface area contributed by atoms with Crippen LogP contribution in [0.3, 0.4) is 0 Å². The van der Waals surface area contributed by atoms with E-state index in [9.17, 15) is 9.59 Å². The van der Waals surface area contributed by atoms with Gasteiger partial charge in [-0.15, -0.1) is 0 Å². The molecule has 1 atom stereocenters. The Bertz CT molecular complexity index is 1440. The van der Waals surface area contributed by atoms with Crippen LogP contribution in [0.25, 0.3) is 22.0 Å². The number of rotatable bonds is 9. The molecule has 0 aliphatic rings. The minimum absolute atomic E-state index is 0.0990. The number of nitrogens with zero attached hydrogens (tertiary/aromatic N) is 2. The third-order valence-electron chi connectivity index (χ3n) is 6.21. The van der Waals surface area contributed by atoms with Crippen molar-refractivity contribution >= 4 is 39.7 Å². The van der Waals surface area contributed by atoms with E-state index in [-0.39, 0.29) is 18.4 Å². The third kappa shape index (κ3) is 4.73. The number of nitrogens with one attached hydrogen (secondary N) is 1. The van der Waals surface area contributed by atoms with E-state index < -0.39 is 5.63 Å². The van der Waals surface area contributed by atoms with Crippen LogP contribution in [0.5, 0.6) is 11.5 Å². The highest BCUT2D eigenvalue weighted by molar-refractivity contribution is 7.98. The molecular weight excluding hydrogens is 466 g/mol. The van der Waals surface area contributed by atoms with E-state index in [2.05, 4.69) is 5.32 Å². The van der Waals surface area contributed by atoms with Crippen molar-refractivity contribution in [1.82, 2.24) is 14.9 Å².